The molecule has 0 aliphatic carbocycles. The number of rotatable bonds is 4. The van der Waals surface area contributed by atoms with Crippen LogP contribution in [0.5, 0.6) is 0 Å². The van der Waals surface area contributed by atoms with Gasteiger partial charge in [-0.05, 0) is 37.6 Å². The van der Waals surface area contributed by atoms with Gasteiger partial charge in [0.25, 0.3) is 0 Å². The van der Waals surface area contributed by atoms with Crippen molar-refractivity contribution in [3.8, 4) is 0 Å². The Hall–Kier alpha value is -1.36. The third kappa shape index (κ3) is 3.39. The molecule has 0 aromatic heterocycles. The number of hydrogen-bond acceptors (Lipinski definition) is 2. The van der Waals surface area contributed by atoms with Gasteiger partial charge in [-0.25, -0.2) is 13.1 Å². The van der Waals surface area contributed by atoms with Gasteiger partial charge in [-0.3, -0.25) is 0 Å². The first-order valence-corrected chi connectivity index (χ1v) is 8.10. The summed E-state index contributed by atoms with van der Waals surface area (Å²) in [6.07, 6.45) is 0. The third-order valence-electron chi connectivity index (χ3n) is 3.03. The summed E-state index contributed by atoms with van der Waals surface area (Å²) < 4.78 is 27.2. The summed E-state index contributed by atoms with van der Waals surface area (Å²) >= 11 is 6.08. The third-order valence-corrected chi connectivity index (χ3v) is 4.94. The lowest BCUT2D eigenvalue weighted by Gasteiger charge is -2.16. The Morgan fingerprint density at radius 3 is 2.25 bits per heavy atom. The van der Waals surface area contributed by atoms with Gasteiger partial charge in [0.15, 0.2) is 0 Å². The fraction of sp³-hybridized carbons (Fsp3) is 0.200. The van der Waals surface area contributed by atoms with E-state index < -0.39 is 16.1 Å². The van der Waals surface area contributed by atoms with E-state index in [9.17, 15) is 8.42 Å². The summed E-state index contributed by atoms with van der Waals surface area (Å²) in [7, 11) is -3.55. The van der Waals surface area contributed by atoms with Crippen molar-refractivity contribution in [3.63, 3.8) is 0 Å². The Bertz CT molecular complexity index is 696. The first-order chi connectivity index (χ1) is 9.40. The van der Waals surface area contributed by atoms with Gasteiger partial charge >= 0.3 is 0 Å². The standard InChI is InChI=1S/C15H16ClNO2S/c1-11-7-9-13(10-8-11)20(18,19)17-12(2)14-5-3-4-6-15(14)16/h3-10,12,17H,1-2H3/t12-/m1/s1. The van der Waals surface area contributed by atoms with Gasteiger partial charge in [0, 0.05) is 11.1 Å². The number of benzene rings is 2. The number of sulfonamides is 1. The predicted molar refractivity (Wildman–Crippen MR) is 81.4 cm³/mol. The van der Waals surface area contributed by atoms with Gasteiger partial charge in [-0.1, -0.05) is 47.5 Å². The largest absolute Gasteiger partial charge is 0.241 e. The van der Waals surface area contributed by atoms with E-state index in [1.807, 2.05) is 25.1 Å². The minimum atomic E-state index is -3.55. The maximum Gasteiger partial charge on any atom is 0.241 e. The smallest absolute Gasteiger partial charge is 0.207 e. The summed E-state index contributed by atoms with van der Waals surface area (Å²) in [6.45, 7) is 3.68. The molecular formula is C15H16ClNO2S. The highest BCUT2D eigenvalue weighted by atomic mass is 35.5. The fourth-order valence-corrected chi connectivity index (χ4v) is 3.43. The minimum Gasteiger partial charge on any atom is -0.207 e. The van der Waals surface area contributed by atoms with Gasteiger partial charge in [-0.15, -0.1) is 0 Å². The van der Waals surface area contributed by atoms with Crippen molar-refractivity contribution in [1.82, 2.24) is 4.72 Å². The molecule has 0 amide bonds. The average Bonchev–Trinajstić information content (AvgIpc) is 2.39. The van der Waals surface area contributed by atoms with E-state index in [1.54, 1.807) is 37.3 Å². The van der Waals surface area contributed by atoms with E-state index >= 15 is 0 Å². The van der Waals surface area contributed by atoms with Crippen molar-refractivity contribution in [2.75, 3.05) is 0 Å². The van der Waals surface area contributed by atoms with E-state index in [2.05, 4.69) is 4.72 Å². The molecule has 1 atom stereocenters. The van der Waals surface area contributed by atoms with Crippen LogP contribution in [0.4, 0.5) is 0 Å². The van der Waals surface area contributed by atoms with Crippen molar-refractivity contribution in [1.29, 1.82) is 0 Å². The van der Waals surface area contributed by atoms with Crippen molar-refractivity contribution < 1.29 is 8.42 Å². The quantitative estimate of drug-likeness (QED) is 0.936. The number of aryl methyl sites for hydroxylation is 1. The molecule has 0 saturated carbocycles. The van der Waals surface area contributed by atoms with Gasteiger partial charge in [0.2, 0.25) is 10.0 Å². The second-order valence-electron chi connectivity index (χ2n) is 4.68. The molecule has 0 unspecified atom stereocenters. The lowest BCUT2D eigenvalue weighted by atomic mass is 10.1. The summed E-state index contributed by atoms with van der Waals surface area (Å²) in [5.41, 5.74) is 1.77. The normalized spacial score (nSPS) is 13.2. The zero-order chi connectivity index (χ0) is 14.8. The SMILES string of the molecule is Cc1ccc(S(=O)(=O)N[C@H](C)c2ccccc2Cl)cc1. The second-order valence-corrected chi connectivity index (χ2v) is 6.80. The van der Waals surface area contributed by atoms with Crippen LogP contribution < -0.4 is 4.72 Å². The highest BCUT2D eigenvalue weighted by Gasteiger charge is 2.19. The maximum absolute atomic E-state index is 12.3. The molecule has 106 valence electrons. The summed E-state index contributed by atoms with van der Waals surface area (Å²) in [6, 6.07) is 13.5. The molecule has 0 fully saturated rings. The molecule has 0 radical (unpaired) electrons. The van der Waals surface area contributed by atoms with Crippen molar-refractivity contribution in [2.24, 2.45) is 0 Å². The van der Waals surface area contributed by atoms with Crippen LogP contribution in [0.25, 0.3) is 0 Å². The number of nitrogens with one attached hydrogen (secondary N) is 1. The Balaban J connectivity index is 2.24. The zero-order valence-electron chi connectivity index (χ0n) is 11.3. The van der Waals surface area contributed by atoms with Crippen LogP contribution in [0.2, 0.25) is 5.02 Å². The van der Waals surface area contributed by atoms with E-state index in [-0.39, 0.29) is 4.90 Å². The molecule has 0 heterocycles. The molecule has 2 rings (SSSR count). The van der Waals surface area contributed by atoms with Crippen molar-refractivity contribution >= 4 is 21.6 Å². The topological polar surface area (TPSA) is 46.2 Å². The Kier molecular flexibility index (Phi) is 4.48. The Labute approximate surface area is 124 Å². The minimum absolute atomic E-state index is 0.252. The van der Waals surface area contributed by atoms with Crippen LogP contribution in [0.15, 0.2) is 53.4 Å². The summed E-state index contributed by atoms with van der Waals surface area (Å²) in [5, 5.41) is 0.548. The molecule has 20 heavy (non-hydrogen) atoms. The molecule has 0 saturated heterocycles. The van der Waals surface area contributed by atoms with Crippen molar-refractivity contribution in [3.05, 3.63) is 64.7 Å². The van der Waals surface area contributed by atoms with Crippen LogP contribution in [0, 0.1) is 6.92 Å². The van der Waals surface area contributed by atoms with E-state index in [4.69, 9.17) is 11.6 Å². The van der Waals surface area contributed by atoms with Crippen LogP contribution in [-0.4, -0.2) is 8.42 Å². The molecule has 5 heteroatoms. The molecule has 0 spiro atoms. The molecule has 0 aliphatic heterocycles. The lowest BCUT2D eigenvalue weighted by molar-refractivity contribution is 0.567. The highest BCUT2D eigenvalue weighted by molar-refractivity contribution is 7.89. The van der Waals surface area contributed by atoms with Crippen molar-refractivity contribution in [2.45, 2.75) is 24.8 Å². The Morgan fingerprint density at radius 2 is 1.65 bits per heavy atom. The number of halogens is 1. The van der Waals surface area contributed by atoms with Crippen LogP contribution >= 0.6 is 11.6 Å². The predicted octanol–water partition coefficient (Wildman–Crippen LogP) is 3.69. The Morgan fingerprint density at radius 1 is 1.05 bits per heavy atom. The average molecular weight is 310 g/mol. The number of hydrogen-bond donors (Lipinski definition) is 1. The fourth-order valence-electron chi connectivity index (χ4n) is 1.91. The highest BCUT2D eigenvalue weighted by Crippen LogP contribution is 2.24. The van der Waals surface area contributed by atoms with Gasteiger partial charge in [0.1, 0.15) is 0 Å². The van der Waals surface area contributed by atoms with E-state index in [0.717, 1.165) is 11.1 Å². The molecule has 2 aromatic carbocycles. The van der Waals surface area contributed by atoms with Gasteiger partial charge in [0.05, 0.1) is 4.90 Å². The first kappa shape index (κ1) is 15.0. The summed E-state index contributed by atoms with van der Waals surface area (Å²) in [5.74, 6) is 0. The van der Waals surface area contributed by atoms with Crippen LogP contribution in [0.3, 0.4) is 0 Å². The lowest BCUT2D eigenvalue weighted by Crippen LogP contribution is -2.27. The zero-order valence-corrected chi connectivity index (χ0v) is 12.9. The molecule has 2 aromatic rings. The molecular weight excluding hydrogens is 294 g/mol. The van der Waals surface area contributed by atoms with Crippen LogP contribution in [0.1, 0.15) is 24.1 Å². The first-order valence-electron chi connectivity index (χ1n) is 6.23. The van der Waals surface area contributed by atoms with E-state index in [1.165, 1.54) is 0 Å². The van der Waals surface area contributed by atoms with E-state index in [0.29, 0.717) is 5.02 Å². The summed E-state index contributed by atoms with van der Waals surface area (Å²) in [4.78, 5) is 0.252. The van der Waals surface area contributed by atoms with Gasteiger partial charge in [-0.2, -0.15) is 0 Å². The second kappa shape index (κ2) is 5.95. The monoisotopic (exact) mass is 309 g/mol. The van der Waals surface area contributed by atoms with Crippen LogP contribution in [-0.2, 0) is 10.0 Å². The molecule has 1 N–H and O–H groups in total. The molecule has 0 bridgehead atoms. The molecule has 0 aliphatic rings. The maximum atomic E-state index is 12.3. The van der Waals surface area contributed by atoms with Gasteiger partial charge < -0.3 is 0 Å². The molecule has 3 nitrogen and oxygen atoms in total.